The van der Waals surface area contributed by atoms with Crippen LogP contribution < -0.4 is 5.73 Å². The third-order valence-electron chi connectivity index (χ3n) is 9.52. The summed E-state index contributed by atoms with van der Waals surface area (Å²) >= 11 is 0. The van der Waals surface area contributed by atoms with Crippen molar-refractivity contribution in [1.29, 1.82) is 0 Å². The number of rotatable bonds is 13. The summed E-state index contributed by atoms with van der Waals surface area (Å²) in [4.78, 5) is 0. The van der Waals surface area contributed by atoms with Crippen molar-refractivity contribution in [3.63, 3.8) is 0 Å². The van der Waals surface area contributed by atoms with Crippen molar-refractivity contribution >= 4 is 0 Å². The van der Waals surface area contributed by atoms with Crippen LogP contribution in [0.3, 0.4) is 0 Å². The van der Waals surface area contributed by atoms with Gasteiger partial charge in [0.2, 0.25) is 0 Å². The maximum atomic E-state index is 11.3. The molecule has 0 aromatic heterocycles. The lowest BCUT2D eigenvalue weighted by molar-refractivity contribution is -0.380. The van der Waals surface area contributed by atoms with Gasteiger partial charge in [-0.1, -0.05) is 30.3 Å². The highest BCUT2D eigenvalue weighted by molar-refractivity contribution is 5.13. The van der Waals surface area contributed by atoms with Crippen LogP contribution in [0.2, 0.25) is 0 Å². The van der Waals surface area contributed by atoms with Crippen LogP contribution in [0.4, 0.5) is 0 Å². The van der Waals surface area contributed by atoms with Crippen molar-refractivity contribution in [2.75, 3.05) is 26.4 Å². The quantitative estimate of drug-likeness (QED) is 0.0889. The summed E-state index contributed by atoms with van der Waals surface area (Å²) in [5.41, 5.74) is 7.05. The van der Waals surface area contributed by atoms with Crippen molar-refractivity contribution in [2.24, 2.45) is 5.73 Å². The zero-order chi connectivity index (χ0) is 37.9. The SMILES string of the molecule is N[C@H]1[C@H](O[C@H]2[C@@H](O)[C@@H](CO)O[C@@H](O[C@H]3[C@H](O)[C@@H](O)[C@H](OCc4ccccc4)O[C@@H]3CO)[C@@H]2O)O[C@H](CO)[C@@H](O)[C@@H]1O[C@@H]1O[C@H](CO)[C@H](O)[C@H](O)[C@H]1O. The van der Waals surface area contributed by atoms with Crippen molar-refractivity contribution in [3.05, 3.63) is 35.9 Å². The Kier molecular flexibility index (Phi) is 14.7. The highest BCUT2D eigenvalue weighted by atomic mass is 16.8. The van der Waals surface area contributed by atoms with E-state index in [1.54, 1.807) is 30.3 Å². The summed E-state index contributed by atoms with van der Waals surface area (Å²) in [5, 5.41) is 125. The molecule has 20 atom stereocenters. The molecule has 0 spiro atoms. The highest BCUT2D eigenvalue weighted by Gasteiger charge is 2.55. The summed E-state index contributed by atoms with van der Waals surface area (Å²) in [6, 6.07) is 7.32. The molecular weight excluding hydrogens is 706 g/mol. The van der Waals surface area contributed by atoms with E-state index in [4.69, 9.17) is 43.6 Å². The Labute approximate surface area is 296 Å². The normalized spacial score (nSPS) is 47.3. The van der Waals surface area contributed by atoms with E-state index < -0.39 is 149 Å². The lowest BCUT2D eigenvalue weighted by atomic mass is 9.95. The number of hydrogen-bond donors (Lipinski definition) is 13. The first-order valence-corrected chi connectivity index (χ1v) is 16.7. The van der Waals surface area contributed by atoms with Gasteiger partial charge in [0.05, 0.1) is 39.1 Å². The first-order chi connectivity index (χ1) is 24.8. The smallest absolute Gasteiger partial charge is 0.187 e. The summed E-state index contributed by atoms with van der Waals surface area (Å²) in [7, 11) is 0. The number of ether oxygens (including phenoxy) is 8. The van der Waals surface area contributed by atoms with Gasteiger partial charge < -0.3 is 105 Å². The van der Waals surface area contributed by atoms with E-state index in [1.165, 1.54) is 0 Å². The fraction of sp³-hybridized carbons (Fsp3) is 0.806. The molecule has 4 saturated heterocycles. The van der Waals surface area contributed by atoms with Crippen LogP contribution >= 0.6 is 0 Å². The molecule has 1 aromatic rings. The molecule has 14 N–H and O–H groups in total. The first kappa shape index (κ1) is 41.5. The molecule has 4 heterocycles. The maximum Gasteiger partial charge on any atom is 0.187 e. The van der Waals surface area contributed by atoms with Crippen molar-refractivity contribution < 1.29 is 99.2 Å². The van der Waals surface area contributed by atoms with Gasteiger partial charge in [0.1, 0.15) is 91.6 Å². The molecule has 0 unspecified atom stereocenters. The van der Waals surface area contributed by atoms with Crippen LogP contribution in [0.5, 0.6) is 0 Å². The molecule has 4 aliphatic rings. The molecule has 1 aromatic carbocycles. The average molecular weight is 756 g/mol. The Morgan fingerprint density at radius 3 is 1.52 bits per heavy atom. The van der Waals surface area contributed by atoms with Gasteiger partial charge in [0.15, 0.2) is 25.2 Å². The van der Waals surface area contributed by atoms with Gasteiger partial charge >= 0.3 is 0 Å². The van der Waals surface area contributed by atoms with Gasteiger partial charge in [0, 0.05) is 0 Å². The second-order valence-electron chi connectivity index (χ2n) is 13.0. The Bertz CT molecular complexity index is 1220. The molecule has 5 rings (SSSR count). The lowest BCUT2D eigenvalue weighted by Crippen LogP contribution is -2.69. The molecule has 0 saturated carbocycles. The van der Waals surface area contributed by atoms with E-state index >= 15 is 0 Å². The number of hydrogen-bond acceptors (Lipinski definition) is 21. The van der Waals surface area contributed by atoms with Gasteiger partial charge in [-0.2, -0.15) is 0 Å². The molecule has 4 fully saturated rings. The summed E-state index contributed by atoms with van der Waals surface area (Å²) in [6.07, 6.45) is -31.7. The van der Waals surface area contributed by atoms with Gasteiger partial charge in [-0.3, -0.25) is 0 Å². The lowest BCUT2D eigenvalue weighted by Gasteiger charge is -2.49. The average Bonchev–Trinajstić information content (AvgIpc) is 3.15. The number of aliphatic hydroxyl groups excluding tert-OH is 12. The van der Waals surface area contributed by atoms with Crippen LogP contribution in [-0.2, 0) is 44.5 Å². The van der Waals surface area contributed by atoms with E-state index in [1.807, 2.05) is 0 Å². The molecular formula is C31H49NO20. The minimum Gasteiger partial charge on any atom is -0.394 e. The Hall–Kier alpha value is -1.62. The fourth-order valence-electron chi connectivity index (χ4n) is 6.46. The van der Waals surface area contributed by atoms with Gasteiger partial charge in [-0.25, -0.2) is 0 Å². The van der Waals surface area contributed by atoms with Crippen LogP contribution in [-0.4, -0.2) is 210 Å². The van der Waals surface area contributed by atoms with Gasteiger partial charge in [-0.15, -0.1) is 0 Å². The summed E-state index contributed by atoms with van der Waals surface area (Å²) in [6.45, 7) is -3.23. The van der Waals surface area contributed by atoms with Gasteiger partial charge in [0.25, 0.3) is 0 Å². The minimum atomic E-state index is -1.96. The fourth-order valence-corrected chi connectivity index (χ4v) is 6.46. The van der Waals surface area contributed by atoms with E-state index in [0.29, 0.717) is 0 Å². The third kappa shape index (κ3) is 8.75. The van der Waals surface area contributed by atoms with Gasteiger partial charge in [-0.05, 0) is 5.56 Å². The molecule has 298 valence electrons. The number of nitrogens with two attached hydrogens (primary N) is 1. The van der Waals surface area contributed by atoms with Crippen LogP contribution in [0.1, 0.15) is 5.56 Å². The highest BCUT2D eigenvalue weighted by Crippen LogP contribution is 2.34. The molecule has 0 bridgehead atoms. The minimum absolute atomic E-state index is 0.00749. The second-order valence-corrected chi connectivity index (χ2v) is 13.0. The molecule has 0 aliphatic carbocycles. The van der Waals surface area contributed by atoms with E-state index in [0.717, 1.165) is 5.56 Å². The van der Waals surface area contributed by atoms with Crippen molar-refractivity contribution in [2.45, 2.75) is 129 Å². The zero-order valence-electron chi connectivity index (χ0n) is 27.7. The number of benzene rings is 1. The number of aliphatic hydroxyl groups is 12. The summed E-state index contributed by atoms with van der Waals surface area (Å²) < 4.78 is 45.1. The first-order valence-electron chi connectivity index (χ1n) is 16.7. The molecule has 21 nitrogen and oxygen atoms in total. The standard InChI is InChI=1S/C31H49NO20/c32-16-26(51-30-22(42)20(40)17(37)12(6-33)47-30)18(38)13(7-34)46-28(16)52-27-19(39)14(8-35)48-31(24(27)44)50-25-15(9-36)49-29(23(43)21(25)41)45-10-11-4-2-1-3-5-11/h1-5,12-31,33-44H,6-10,32H2/t12-,13-,14-,15-,16-,17+,18-,19+,20+,21-,22-,23-,24-,25-,26-,27+,28+,29-,30+,31+/m1/s1. The Morgan fingerprint density at radius 2 is 0.923 bits per heavy atom. The largest absolute Gasteiger partial charge is 0.394 e. The Morgan fingerprint density at radius 1 is 0.462 bits per heavy atom. The molecule has 4 aliphatic heterocycles. The molecule has 52 heavy (non-hydrogen) atoms. The predicted octanol–water partition coefficient (Wildman–Crippen LogP) is -7.56. The zero-order valence-corrected chi connectivity index (χ0v) is 27.7. The monoisotopic (exact) mass is 755 g/mol. The molecule has 0 amide bonds. The predicted molar refractivity (Wildman–Crippen MR) is 165 cm³/mol. The van der Waals surface area contributed by atoms with Crippen molar-refractivity contribution in [3.8, 4) is 0 Å². The van der Waals surface area contributed by atoms with Crippen LogP contribution in [0, 0.1) is 0 Å². The molecule has 21 heteroatoms. The summed E-state index contributed by atoms with van der Waals surface area (Å²) in [5.74, 6) is 0. The third-order valence-corrected chi connectivity index (χ3v) is 9.52. The van der Waals surface area contributed by atoms with Crippen LogP contribution in [0.15, 0.2) is 30.3 Å². The van der Waals surface area contributed by atoms with E-state index in [-0.39, 0.29) is 6.61 Å². The van der Waals surface area contributed by atoms with E-state index in [9.17, 15) is 61.3 Å². The second kappa shape index (κ2) is 18.3. The maximum absolute atomic E-state index is 11.3. The van der Waals surface area contributed by atoms with Crippen LogP contribution in [0.25, 0.3) is 0 Å². The Balaban J connectivity index is 1.29. The molecule has 0 radical (unpaired) electrons. The van der Waals surface area contributed by atoms with E-state index in [2.05, 4.69) is 0 Å². The van der Waals surface area contributed by atoms with Crippen molar-refractivity contribution in [1.82, 2.24) is 0 Å². The topological polar surface area (TPSA) is 343 Å².